The van der Waals surface area contributed by atoms with Gasteiger partial charge in [-0.2, -0.15) is 0 Å². The molecule has 2 heterocycles. The first-order valence-corrected chi connectivity index (χ1v) is 6.83. The van der Waals surface area contributed by atoms with Crippen LogP contribution in [0.1, 0.15) is 15.2 Å². The average Bonchev–Trinajstić information content (AvgIpc) is 2.97. The van der Waals surface area contributed by atoms with Gasteiger partial charge < -0.3 is 4.74 Å². The number of anilines is 1. The number of amides is 1. The van der Waals surface area contributed by atoms with Crippen molar-refractivity contribution in [2.24, 2.45) is 0 Å². The van der Waals surface area contributed by atoms with Crippen LogP contribution in [0.25, 0.3) is 0 Å². The number of aryl methyl sites for hydroxylation is 1. The van der Waals surface area contributed by atoms with Gasteiger partial charge in [0.05, 0.1) is 0 Å². The van der Waals surface area contributed by atoms with Gasteiger partial charge in [-0.15, -0.1) is 22.7 Å². The van der Waals surface area contributed by atoms with Crippen molar-refractivity contribution in [2.75, 3.05) is 11.9 Å². The van der Waals surface area contributed by atoms with Crippen molar-refractivity contribution in [1.82, 2.24) is 4.98 Å². The number of thiophene rings is 1. The van der Waals surface area contributed by atoms with Crippen LogP contribution in [-0.4, -0.2) is 23.5 Å². The molecule has 1 amide bonds. The fourth-order valence-electron chi connectivity index (χ4n) is 1.22. The van der Waals surface area contributed by atoms with Crippen LogP contribution in [0.4, 0.5) is 5.13 Å². The Hall–Kier alpha value is -1.73. The Morgan fingerprint density at radius 1 is 1.39 bits per heavy atom. The van der Waals surface area contributed by atoms with Crippen LogP contribution in [0, 0.1) is 6.92 Å². The van der Waals surface area contributed by atoms with Crippen molar-refractivity contribution >= 4 is 39.7 Å². The number of ether oxygens (including phenoxy) is 1. The SMILES string of the molecule is Cc1ccsc1C(=O)OCC(=O)Nc1nccs1. The Morgan fingerprint density at radius 2 is 2.22 bits per heavy atom. The molecule has 0 unspecified atom stereocenters. The van der Waals surface area contributed by atoms with E-state index in [4.69, 9.17) is 4.74 Å². The Balaban J connectivity index is 1.83. The lowest BCUT2D eigenvalue weighted by molar-refractivity contribution is -0.119. The first-order valence-electron chi connectivity index (χ1n) is 5.07. The average molecular weight is 282 g/mol. The standard InChI is InChI=1S/C11H10N2O3S2/c1-7-2-4-17-9(7)10(15)16-6-8(14)13-11-12-3-5-18-11/h2-5H,6H2,1H3,(H,12,13,14). The first kappa shape index (κ1) is 12.7. The number of thiazole rings is 1. The summed E-state index contributed by atoms with van der Waals surface area (Å²) in [7, 11) is 0. The van der Waals surface area contributed by atoms with Gasteiger partial charge in [0, 0.05) is 11.6 Å². The van der Waals surface area contributed by atoms with Gasteiger partial charge in [-0.05, 0) is 23.9 Å². The molecule has 0 aliphatic carbocycles. The molecule has 0 spiro atoms. The Bertz CT molecular complexity index is 548. The maximum absolute atomic E-state index is 11.6. The van der Waals surface area contributed by atoms with Crippen LogP contribution < -0.4 is 5.32 Å². The number of carbonyl (C=O) groups excluding carboxylic acids is 2. The van der Waals surface area contributed by atoms with Gasteiger partial charge in [-0.25, -0.2) is 9.78 Å². The van der Waals surface area contributed by atoms with Crippen LogP contribution in [0.2, 0.25) is 0 Å². The number of nitrogens with one attached hydrogen (secondary N) is 1. The Kier molecular flexibility index (Phi) is 4.06. The summed E-state index contributed by atoms with van der Waals surface area (Å²) in [6.45, 7) is 1.51. The summed E-state index contributed by atoms with van der Waals surface area (Å²) in [6.07, 6.45) is 1.58. The van der Waals surface area contributed by atoms with E-state index in [2.05, 4.69) is 10.3 Å². The molecule has 0 atom stereocenters. The molecule has 0 saturated carbocycles. The van der Waals surface area contributed by atoms with Crippen LogP contribution in [-0.2, 0) is 9.53 Å². The second-order valence-electron chi connectivity index (χ2n) is 3.39. The summed E-state index contributed by atoms with van der Waals surface area (Å²) in [6, 6.07) is 1.83. The summed E-state index contributed by atoms with van der Waals surface area (Å²) in [5, 5.41) is 6.57. The molecule has 2 rings (SSSR count). The lowest BCUT2D eigenvalue weighted by Gasteiger charge is -2.03. The molecule has 2 aromatic heterocycles. The minimum atomic E-state index is -0.475. The van der Waals surface area contributed by atoms with Crippen LogP contribution >= 0.6 is 22.7 Å². The molecule has 94 valence electrons. The number of esters is 1. The molecule has 2 aromatic rings. The zero-order valence-electron chi connectivity index (χ0n) is 9.50. The number of aromatic nitrogens is 1. The van der Waals surface area contributed by atoms with Crippen molar-refractivity contribution in [3.05, 3.63) is 33.5 Å². The highest BCUT2D eigenvalue weighted by atomic mass is 32.1. The molecule has 0 fully saturated rings. The number of hydrogen-bond donors (Lipinski definition) is 1. The number of carbonyl (C=O) groups is 2. The third-order valence-electron chi connectivity index (χ3n) is 2.06. The largest absolute Gasteiger partial charge is 0.451 e. The molecule has 0 saturated heterocycles. The molecule has 5 nitrogen and oxygen atoms in total. The second kappa shape index (κ2) is 5.74. The highest BCUT2D eigenvalue weighted by Gasteiger charge is 2.14. The summed E-state index contributed by atoms with van der Waals surface area (Å²) in [4.78, 5) is 27.5. The highest BCUT2D eigenvalue weighted by Crippen LogP contribution is 2.16. The summed E-state index contributed by atoms with van der Waals surface area (Å²) < 4.78 is 4.91. The van der Waals surface area contributed by atoms with Gasteiger partial charge in [0.25, 0.3) is 5.91 Å². The van der Waals surface area contributed by atoms with E-state index in [-0.39, 0.29) is 6.61 Å². The number of rotatable bonds is 4. The van der Waals surface area contributed by atoms with Crippen LogP contribution in [0.15, 0.2) is 23.0 Å². The second-order valence-corrected chi connectivity index (χ2v) is 5.20. The summed E-state index contributed by atoms with van der Waals surface area (Å²) in [5.74, 6) is -0.871. The van der Waals surface area contributed by atoms with Gasteiger partial charge in [0.1, 0.15) is 4.88 Å². The Morgan fingerprint density at radius 3 is 2.83 bits per heavy atom. The molecular weight excluding hydrogens is 272 g/mol. The number of hydrogen-bond acceptors (Lipinski definition) is 6. The first-order chi connectivity index (χ1) is 8.66. The maximum atomic E-state index is 11.6. The molecule has 18 heavy (non-hydrogen) atoms. The predicted octanol–water partition coefficient (Wildman–Crippen LogP) is 2.31. The topological polar surface area (TPSA) is 68.3 Å². The molecule has 7 heteroatoms. The zero-order chi connectivity index (χ0) is 13.0. The fraction of sp³-hybridized carbons (Fsp3) is 0.182. The van der Waals surface area contributed by atoms with Crippen molar-refractivity contribution < 1.29 is 14.3 Å². The smallest absolute Gasteiger partial charge is 0.349 e. The highest BCUT2D eigenvalue weighted by molar-refractivity contribution is 7.13. The van der Waals surface area contributed by atoms with Crippen molar-refractivity contribution in [3.63, 3.8) is 0 Å². The third kappa shape index (κ3) is 3.14. The zero-order valence-corrected chi connectivity index (χ0v) is 11.1. The van der Waals surface area contributed by atoms with Gasteiger partial charge in [0.15, 0.2) is 11.7 Å². The van der Waals surface area contributed by atoms with Gasteiger partial charge in [-0.1, -0.05) is 0 Å². The molecule has 0 bridgehead atoms. The van der Waals surface area contributed by atoms with E-state index in [1.165, 1.54) is 22.7 Å². The van der Waals surface area contributed by atoms with Crippen LogP contribution in [0.3, 0.4) is 0 Å². The van der Waals surface area contributed by atoms with E-state index >= 15 is 0 Å². The minimum Gasteiger partial charge on any atom is -0.451 e. The van der Waals surface area contributed by atoms with E-state index in [9.17, 15) is 9.59 Å². The predicted molar refractivity (Wildman–Crippen MR) is 70.1 cm³/mol. The van der Waals surface area contributed by atoms with Gasteiger partial charge in [0.2, 0.25) is 0 Å². The summed E-state index contributed by atoms with van der Waals surface area (Å²) in [5.41, 5.74) is 0.852. The molecule has 0 aromatic carbocycles. The van der Waals surface area contributed by atoms with Crippen LogP contribution in [0.5, 0.6) is 0 Å². The van der Waals surface area contributed by atoms with Crippen molar-refractivity contribution in [1.29, 1.82) is 0 Å². The minimum absolute atomic E-state index is 0.310. The lowest BCUT2D eigenvalue weighted by atomic mass is 10.3. The summed E-state index contributed by atoms with van der Waals surface area (Å²) >= 11 is 2.60. The van der Waals surface area contributed by atoms with Crippen molar-refractivity contribution in [3.8, 4) is 0 Å². The van der Waals surface area contributed by atoms with E-state index in [0.717, 1.165) is 5.56 Å². The lowest BCUT2D eigenvalue weighted by Crippen LogP contribution is -2.20. The van der Waals surface area contributed by atoms with E-state index in [1.54, 1.807) is 11.6 Å². The van der Waals surface area contributed by atoms with E-state index in [1.807, 2.05) is 18.4 Å². The van der Waals surface area contributed by atoms with E-state index < -0.39 is 11.9 Å². The molecule has 1 N–H and O–H groups in total. The van der Waals surface area contributed by atoms with Gasteiger partial charge >= 0.3 is 5.97 Å². The molecule has 0 radical (unpaired) electrons. The molecular formula is C11H10N2O3S2. The van der Waals surface area contributed by atoms with E-state index in [0.29, 0.717) is 10.0 Å². The third-order valence-corrected chi connectivity index (χ3v) is 3.75. The monoisotopic (exact) mass is 282 g/mol. The normalized spacial score (nSPS) is 10.1. The fourth-order valence-corrected chi connectivity index (χ4v) is 2.58. The molecule has 0 aliphatic heterocycles. The Labute approximate surface area is 111 Å². The quantitative estimate of drug-likeness (QED) is 0.874. The van der Waals surface area contributed by atoms with Gasteiger partial charge in [-0.3, -0.25) is 10.1 Å². The van der Waals surface area contributed by atoms with Crippen molar-refractivity contribution in [2.45, 2.75) is 6.92 Å². The maximum Gasteiger partial charge on any atom is 0.349 e. The number of nitrogens with zero attached hydrogens (tertiary/aromatic N) is 1. The molecule has 0 aliphatic rings.